The summed E-state index contributed by atoms with van der Waals surface area (Å²) in [5.41, 5.74) is 1.79. The van der Waals surface area contributed by atoms with E-state index < -0.39 is 0 Å². The molecule has 18 heavy (non-hydrogen) atoms. The van der Waals surface area contributed by atoms with Crippen molar-refractivity contribution in [3.8, 4) is 11.5 Å². The molecule has 0 fully saturated rings. The Morgan fingerprint density at radius 2 is 1.56 bits per heavy atom. The van der Waals surface area contributed by atoms with Crippen molar-refractivity contribution in [3.63, 3.8) is 0 Å². The van der Waals surface area contributed by atoms with Gasteiger partial charge in [-0.25, -0.2) is 0 Å². The van der Waals surface area contributed by atoms with Gasteiger partial charge >= 0.3 is 0 Å². The van der Waals surface area contributed by atoms with Crippen LogP contribution in [0.1, 0.15) is 13.8 Å². The molecule has 0 aliphatic rings. The SMILES string of the molecule is C=CCOc1cc(N=C(C)C)cc(OCC=C)c1. The molecule has 3 heteroatoms. The van der Waals surface area contributed by atoms with Crippen molar-refractivity contribution in [2.24, 2.45) is 4.99 Å². The topological polar surface area (TPSA) is 30.8 Å². The minimum Gasteiger partial charge on any atom is -0.489 e. The van der Waals surface area contributed by atoms with Gasteiger partial charge < -0.3 is 9.47 Å². The zero-order chi connectivity index (χ0) is 13.4. The van der Waals surface area contributed by atoms with E-state index in [2.05, 4.69) is 18.2 Å². The van der Waals surface area contributed by atoms with E-state index >= 15 is 0 Å². The number of rotatable bonds is 7. The van der Waals surface area contributed by atoms with Crippen LogP contribution in [0.4, 0.5) is 5.69 Å². The summed E-state index contributed by atoms with van der Waals surface area (Å²) in [5.74, 6) is 1.44. The van der Waals surface area contributed by atoms with Crippen LogP contribution in [0.15, 0.2) is 48.5 Å². The highest BCUT2D eigenvalue weighted by Gasteiger charge is 2.02. The van der Waals surface area contributed by atoms with Crippen molar-refractivity contribution in [3.05, 3.63) is 43.5 Å². The van der Waals surface area contributed by atoms with E-state index in [0.29, 0.717) is 13.2 Å². The number of aliphatic imine (C=N–C) groups is 1. The van der Waals surface area contributed by atoms with E-state index in [-0.39, 0.29) is 0 Å². The fraction of sp³-hybridized carbons (Fsp3) is 0.267. The fourth-order valence-electron chi connectivity index (χ4n) is 1.36. The maximum absolute atomic E-state index is 5.50. The highest BCUT2D eigenvalue weighted by atomic mass is 16.5. The largest absolute Gasteiger partial charge is 0.489 e. The lowest BCUT2D eigenvalue weighted by Crippen LogP contribution is -1.96. The van der Waals surface area contributed by atoms with Crippen molar-refractivity contribution in [2.75, 3.05) is 13.2 Å². The number of benzene rings is 1. The third-order valence-corrected chi connectivity index (χ3v) is 1.95. The van der Waals surface area contributed by atoms with Gasteiger partial charge in [0.25, 0.3) is 0 Å². The van der Waals surface area contributed by atoms with E-state index in [0.717, 1.165) is 22.9 Å². The van der Waals surface area contributed by atoms with Gasteiger partial charge in [0.1, 0.15) is 24.7 Å². The van der Waals surface area contributed by atoms with Crippen LogP contribution in [0.5, 0.6) is 11.5 Å². The third kappa shape index (κ3) is 4.87. The lowest BCUT2D eigenvalue weighted by atomic mass is 10.2. The molecule has 0 heterocycles. The van der Waals surface area contributed by atoms with Crippen molar-refractivity contribution in [1.82, 2.24) is 0 Å². The predicted molar refractivity (Wildman–Crippen MR) is 76.3 cm³/mol. The first-order valence-corrected chi connectivity index (χ1v) is 5.80. The first kappa shape index (κ1) is 14.0. The number of ether oxygens (including phenoxy) is 2. The summed E-state index contributed by atoms with van der Waals surface area (Å²) in [6.07, 6.45) is 3.40. The van der Waals surface area contributed by atoms with Gasteiger partial charge in [-0.05, 0) is 13.8 Å². The molecule has 0 saturated heterocycles. The van der Waals surface area contributed by atoms with Crippen LogP contribution < -0.4 is 9.47 Å². The Morgan fingerprint density at radius 3 is 1.94 bits per heavy atom. The van der Waals surface area contributed by atoms with Crippen LogP contribution in [0, 0.1) is 0 Å². The quantitative estimate of drug-likeness (QED) is 0.538. The molecule has 96 valence electrons. The summed E-state index contributed by atoms with van der Waals surface area (Å²) in [6.45, 7) is 12.1. The summed E-state index contributed by atoms with van der Waals surface area (Å²) >= 11 is 0. The van der Waals surface area contributed by atoms with Crippen LogP contribution in [0.2, 0.25) is 0 Å². The zero-order valence-electron chi connectivity index (χ0n) is 11.0. The van der Waals surface area contributed by atoms with E-state index in [4.69, 9.17) is 9.47 Å². The molecular weight excluding hydrogens is 226 g/mol. The molecule has 0 N–H and O–H groups in total. The molecule has 0 saturated carbocycles. The third-order valence-electron chi connectivity index (χ3n) is 1.95. The average Bonchev–Trinajstić information content (AvgIpc) is 2.33. The first-order chi connectivity index (χ1) is 8.65. The van der Waals surface area contributed by atoms with E-state index in [1.807, 2.05) is 32.0 Å². The molecule has 0 unspecified atom stereocenters. The Bertz CT molecular complexity index is 416. The Hall–Kier alpha value is -2.03. The van der Waals surface area contributed by atoms with Crippen LogP contribution in [0.3, 0.4) is 0 Å². The summed E-state index contributed by atoms with van der Waals surface area (Å²) in [6, 6.07) is 5.57. The average molecular weight is 245 g/mol. The van der Waals surface area contributed by atoms with Crippen molar-refractivity contribution in [1.29, 1.82) is 0 Å². The predicted octanol–water partition coefficient (Wildman–Crippen LogP) is 3.93. The monoisotopic (exact) mass is 245 g/mol. The van der Waals surface area contributed by atoms with Gasteiger partial charge in [-0.3, -0.25) is 4.99 Å². The van der Waals surface area contributed by atoms with E-state index in [1.54, 1.807) is 12.2 Å². The van der Waals surface area contributed by atoms with Gasteiger partial charge in [-0.1, -0.05) is 25.3 Å². The molecule has 0 aliphatic heterocycles. The summed E-state index contributed by atoms with van der Waals surface area (Å²) < 4.78 is 11.0. The molecule has 0 radical (unpaired) electrons. The van der Waals surface area contributed by atoms with Crippen molar-refractivity contribution in [2.45, 2.75) is 13.8 Å². The van der Waals surface area contributed by atoms with Gasteiger partial charge in [-0.2, -0.15) is 0 Å². The summed E-state index contributed by atoms with van der Waals surface area (Å²) in [4.78, 5) is 4.40. The van der Waals surface area contributed by atoms with Gasteiger partial charge in [0.2, 0.25) is 0 Å². The molecular formula is C15H19NO2. The Balaban J connectivity index is 2.98. The molecule has 1 aromatic rings. The Morgan fingerprint density at radius 1 is 1.06 bits per heavy atom. The molecule has 0 atom stereocenters. The van der Waals surface area contributed by atoms with Crippen molar-refractivity contribution >= 4 is 11.4 Å². The Labute approximate surface area is 108 Å². The molecule has 0 spiro atoms. The molecule has 1 aromatic carbocycles. The zero-order valence-corrected chi connectivity index (χ0v) is 11.0. The fourth-order valence-corrected chi connectivity index (χ4v) is 1.36. The van der Waals surface area contributed by atoms with E-state index in [9.17, 15) is 0 Å². The number of nitrogens with zero attached hydrogens (tertiary/aromatic N) is 1. The van der Waals surface area contributed by atoms with Gasteiger partial charge in [0, 0.05) is 23.9 Å². The van der Waals surface area contributed by atoms with Gasteiger partial charge in [-0.15, -0.1) is 0 Å². The molecule has 0 aromatic heterocycles. The van der Waals surface area contributed by atoms with Crippen LogP contribution in [-0.2, 0) is 0 Å². The molecule has 0 aliphatic carbocycles. The number of hydrogen-bond donors (Lipinski definition) is 0. The normalized spacial score (nSPS) is 9.44. The van der Waals surface area contributed by atoms with Crippen molar-refractivity contribution < 1.29 is 9.47 Å². The lowest BCUT2D eigenvalue weighted by Gasteiger charge is -2.09. The highest BCUT2D eigenvalue weighted by Crippen LogP contribution is 2.28. The second-order valence-corrected chi connectivity index (χ2v) is 3.92. The second-order valence-electron chi connectivity index (χ2n) is 3.92. The standard InChI is InChI=1S/C15H19NO2/c1-5-7-17-14-9-13(16-12(3)4)10-15(11-14)18-8-6-2/h5-6,9-11H,1-2,7-8H2,3-4H3. The van der Waals surface area contributed by atoms with Gasteiger partial charge in [0.15, 0.2) is 0 Å². The minimum absolute atomic E-state index is 0.458. The lowest BCUT2D eigenvalue weighted by molar-refractivity contribution is 0.345. The van der Waals surface area contributed by atoms with Crippen LogP contribution >= 0.6 is 0 Å². The highest BCUT2D eigenvalue weighted by molar-refractivity contribution is 5.82. The molecule has 3 nitrogen and oxygen atoms in total. The summed E-state index contributed by atoms with van der Waals surface area (Å²) in [7, 11) is 0. The summed E-state index contributed by atoms with van der Waals surface area (Å²) in [5, 5.41) is 0. The molecule has 0 bridgehead atoms. The van der Waals surface area contributed by atoms with Crippen LogP contribution in [-0.4, -0.2) is 18.9 Å². The maximum Gasteiger partial charge on any atom is 0.125 e. The maximum atomic E-state index is 5.50. The first-order valence-electron chi connectivity index (χ1n) is 5.80. The number of hydrogen-bond acceptors (Lipinski definition) is 3. The smallest absolute Gasteiger partial charge is 0.125 e. The van der Waals surface area contributed by atoms with Gasteiger partial charge in [0.05, 0.1) is 5.69 Å². The van der Waals surface area contributed by atoms with E-state index in [1.165, 1.54) is 0 Å². The molecule has 1 rings (SSSR count). The minimum atomic E-state index is 0.458. The van der Waals surface area contributed by atoms with Crippen LogP contribution in [0.25, 0.3) is 0 Å². The molecule has 0 amide bonds. The Kier molecular flexibility index (Phi) is 5.71. The second kappa shape index (κ2) is 7.33.